The molecule has 0 aliphatic carbocycles. The summed E-state index contributed by atoms with van der Waals surface area (Å²) in [5, 5.41) is 16.6. The molecule has 2 rings (SSSR count). The highest BCUT2D eigenvalue weighted by molar-refractivity contribution is 5.95. The van der Waals surface area contributed by atoms with Crippen LogP contribution in [-0.2, 0) is 0 Å². The molecule has 0 bridgehead atoms. The highest BCUT2D eigenvalue weighted by atomic mass is 19.1. The minimum absolute atomic E-state index is 0.0799. The van der Waals surface area contributed by atoms with Gasteiger partial charge in [0, 0.05) is 24.7 Å². The fourth-order valence-electron chi connectivity index (χ4n) is 2.21. The zero-order valence-electron chi connectivity index (χ0n) is 10.9. The van der Waals surface area contributed by atoms with Crippen LogP contribution in [0.2, 0.25) is 0 Å². The number of carbonyl (C=O) groups is 1. The number of nitrogens with zero attached hydrogens (tertiary/aromatic N) is 1. The molecule has 1 aromatic rings. The standard InChI is InChI=1S/C13H16FN3O3/c14-12-5-4-10(17(19)20)7-11(12)13(18)16-9-3-1-2-6-15-8-9/h4-5,7,9,15H,1-3,6,8H2,(H,16,18). The van der Waals surface area contributed by atoms with Gasteiger partial charge >= 0.3 is 0 Å². The summed E-state index contributed by atoms with van der Waals surface area (Å²) in [6.45, 7) is 1.53. The Hall–Kier alpha value is -2.02. The molecule has 1 atom stereocenters. The molecule has 2 N–H and O–H groups in total. The van der Waals surface area contributed by atoms with E-state index in [2.05, 4.69) is 10.6 Å². The fraction of sp³-hybridized carbons (Fsp3) is 0.462. The van der Waals surface area contributed by atoms with E-state index in [0.717, 1.165) is 44.0 Å². The first-order chi connectivity index (χ1) is 9.58. The number of hydrogen-bond acceptors (Lipinski definition) is 4. The summed E-state index contributed by atoms with van der Waals surface area (Å²) in [5.41, 5.74) is -0.584. The number of amides is 1. The van der Waals surface area contributed by atoms with Crippen molar-refractivity contribution in [3.8, 4) is 0 Å². The van der Waals surface area contributed by atoms with E-state index in [0.29, 0.717) is 6.54 Å². The molecule has 1 amide bonds. The highest BCUT2D eigenvalue weighted by Crippen LogP contribution is 2.17. The summed E-state index contributed by atoms with van der Waals surface area (Å²) in [6.07, 6.45) is 2.84. The summed E-state index contributed by atoms with van der Waals surface area (Å²) < 4.78 is 13.6. The molecule has 0 saturated carbocycles. The van der Waals surface area contributed by atoms with Gasteiger partial charge in [0.15, 0.2) is 0 Å². The number of nitro groups is 1. The molecule has 1 aromatic carbocycles. The molecule has 1 aliphatic heterocycles. The monoisotopic (exact) mass is 281 g/mol. The number of halogens is 1. The first kappa shape index (κ1) is 14.4. The molecule has 7 heteroatoms. The summed E-state index contributed by atoms with van der Waals surface area (Å²) in [5.74, 6) is -1.37. The zero-order valence-corrected chi connectivity index (χ0v) is 10.9. The molecule has 20 heavy (non-hydrogen) atoms. The fourth-order valence-corrected chi connectivity index (χ4v) is 2.21. The topological polar surface area (TPSA) is 84.3 Å². The second-order valence-electron chi connectivity index (χ2n) is 4.79. The number of nitro benzene ring substituents is 1. The van der Waals surface area contributed by atoms with Crippen LogP contribution in [0.15, 0.2) is 18.2 Å². The van der Waals surface area contributed by atoms with E-state index < -0.39 is 16.6 Å². The van der Waals surface area contributed by atoms with E-state index in [1.807, 2.05) is 0 Å². The minimum Gasteiger partial charge on any atom is -0.348 e. The van der Waals surface area contributed by atoms with Crippen LogP contribution in [0.25, 0.3) is 0 Å². The predicted molar refractivity (Wildman–Crippen MR) is 71.0 cm³/mol. The van der Waals surface area contributed by atoms with Crippen molar-refractivity contribution in [2.45, 2.75) is 25.3 Å². The normalized spacial score (nSPS) is 19.1. The van der Waals surface area contributed by atoms with Crippen LogP contribution in [0.5, 0.6) is 0 Å². The lowest BCUT2D eigenvalue weighted by atomic mass is 10.1. The van der Waals surface area contributed by atoms with Crippen LogP contribution in [0.3, 0.4) is 0 Å². The van der Waals surface area contributed by atoms with Gasteiger partial charge in [-0.15, -0.1) is 0 Å². The third kappa shape index (κ3) is 3.51. The average Bonchev–Trinajstić information content (AvgIpc) is 2.67. The molecule has 1 fully saturated rings. The van der Waals surface area contributed by atoms with E-state index >= 15 is 0 Å². The van der Waals surface area contributed by atoms with Crippen LogP contribution in [-0.4, -0.2) is 30.0 Å². The number of carbonyl (C=O) groups excluding carboxylic acids is 1. The highest BCUT2D eigenvalue weighted by Gasteiger charge is 2.20. The molecule has 1 aliphatic rings. The Morgan fingerprint density at radius 1 is 1.45 bits per heavy atom. The van der Waals surface area contributed by atoms with Crippen molar-refractivity contribution in [2.75, 3.05) is 13.1 Å². The van der Waals surface area contributed by atoms with Crippen LogP contribution in [0.4, 0.5) is 10.1 Å². The smallest absolute Gasteiger partial charge is 0.270 e. The Morgan fingerprint density at radius 3 is 3.00 bits per heavy atom. The van der Waals surface area contributed by atoms with Gasteiger partial charge in [-0.1, -0.05) is 6.42 Å². The molecule has 0 aromatic heterocycles. The zero-order chi connectivity index (χ0) is 14.5. The maximum atomic E-state index is 13.6. The van der Waals surface area contributed by atoms with Gasteiger partial charge in [0.2, 0.25) is 0 Å². The Morgan fingerprint density at radius 2 is 2.25 bits per heavy atom. The summed E-state index contributed by atoms with van der Waals surface area (Å²) in [7, 11) is 0. The van der Waals surface area contributed by atoms with Crippen molar-refractivity contribution in [1.29, 1.82) is 0 Å². The van der Waals surface area contributed by atoms with Gasteiger partial charge in [0.05, 0.1) is 10.5 Å². The van der Waals surface area contributed by atoms with Gasteiger partial charge in [0.25, 0.3) is 11.6 Å². The van der Waals surface area contributed by atoms with Crippen molar-refractivity contribution in [3.63, 3.8) is 0 Å². The van der Waals surface area contributed by atoms with Gasteiger partial charge in [-0.25, -0.2) is 4.39 Å². The Labute approximate surface area is 115 Å². The molecule has 0 radical (unpaired) electrons. The Kier molecular flexibility index (Phi) is 4.62. The van der Waals surface area contributed by atoms with E-state index in [1.54, 1.807) is 0 Å². The van der Waals surface area contributed by atoms with Crippen molar-refractivity contribution >= 4 is 11.6 Å². The van der Waals surface area contributed by atoms with Crippen molar-refractivity contribution in [2.24, 2.45) is 0 Å². The summed E-state index contributed by atoms with van der Waals surface area (Å²) in [6, 6.07) is 2.87. The first-order valence-corrected chi connectivity index (χ1v) is 6.53. The van der Waals surface area contributed by atoms with E-state index in [-0.39, 0.29) is 17.3 Å². The Balaban J connectivity index is 2.11. The Bertz CT molecular complexity index is 514. The first-order valence-electron chi connectivity index (χ1n) is 6.53. The van der Waals surface area contributed by atoms with Gasteiger partial charge in [-0.2, -0.15) is 0 Å². The van der Waals surface area contributed by atoms with Crippen LogP contribution >= 0.6 is 0 Å². The van der Waals surface area contributed by atoms with Crippen LogP contribution in [0, 0.1) is 15.9 Å². The molecular formula is C13H16FN3O3. The van der Waals surface area contributed by atoms with Crippen molar-refractivity contribution in [1.82, 2.24) is 10.6 Å². The predicted octanol–water partition coefficient (Wildman–Crippen LogP) is 1.61. The summed E-state index contributed by atoms with van der Waals surface area (Å²) >= 11 is 0. The largest absolute Gasteiger partial charge is 0.348 e. The van der Waals surface area contributed by atoms with Crippen LogP contribution in [0.1, 0.15) is 29.6 Å². The molecule has 108 valence electrons. The third-order valence-electron chi connectivity index (χ3n) is 3.29. The molecular weight excluding hydrogens is 265 g/mol. The van der Waals surface area contributed by atoms with Gasteiger partial charge in [-0.3, -0.25) is 14.9 Å². The molecule has 1 unspecified atom stereocenters. The maximum Gasteiger partial charge on any atom is 0.270 e. The lowest BCUT2D eigenvalue weighted by molar-refractivity contribution is -0.384. The quantitative estimate of drug-likeness (QED) is 0.651. The summed E-state index contributed by atoms with van der Waals surface area (Å²) in [4.78, 5) is 22.0. The van der Waals surface area contributed by atoms with Gasteiger partial charge in [0.1, 0.15) is 5.82 Å². The minimum atomic E-state index is -0.755. The second-order valence-corrected chi connectivity index (χ2v) is 4.79. The number of nitrogens with one attached hydrogen (secondary N) is 2. The number of benzene rings is 1. The molecule has 1 heterocycles. The van der Waals surface area contributed by atoms with E-state index in [9.17, 15) is 19.3 Å². The number of non-ortho nitro benzene ring substituents is 1. The number of rotatable bonds is 3. The van der Waals surface area contributed by atoms with Crippen molar-refractivity contribution in [3.05, 3.63) is 39.7 Å². The maximum absolute atomic E-state index is 13.6. The molecule has 0 spiro atoms. The third-order valence-corrected chi connectivity index (χ3v) is 3.29. The van der Waals surface area contributed by atoms with Crippen molar-refractivity contribution < 1.29 is 14.1 Å². The average molecular weight is 281 g/mol. The lowest BCUT2D eigenvalue weighted by Gasteiger charge is -2.16. The van der Waals surface area contributed by atoms with Gasteiger partial charge in [-0.05, 0) is 25.5 Å². The lowest BCUT2D eigenvalue weighted by Crippen LogP contribution is -2.41. The number of hydrogen-bond donors (Lipinski definition) is 2. The van der Waals surface area contributed by atoms with E-state index in [4.69, 9.17) is 0 Å². The van der Waals surface area contributed by atoms with Crippen LogP contribution < -0.4 is 10.6 Å². The second kappa shape index (κ2) is 6.42. The SMILES string of the molecule is O=C(NC1CCCCNC1)c1cc([N+](=O)[O-])ccc1F. The molecule has 6 nitrogen and oxygen atoms in total. The van der Waals surface area contributed by atoms with Gasteiger partial charge < -0.3 is 10.6 Å². The molecule has 1 saturated heterocycles. The van der Waals surface area contributed by atoms with E-state index in [1.165, 1.54) is 0 Å².